The summed E-state index contributed by atoms with van der Waals surface area (Å²) < 4.78 is 5.54. The molecule has 1 N–H and O–H groups in total. The van der Waals surface area contributed by atoms with Gasteiger partial charge in [0.1, 0.15) is 5.69 Å². The van der Waals surface area contributed by atoms with Gasteiger partial charge in [0.05, 0.1) is 17.1 Å². The lowest BCUT2D eigenvalue weighted by molar-refractivity contribution is -0.385. The summed E-state index contributed by atoms with van der Waals surface area (Å²) in [6.07, 6.45) is -0.0929. The van der Waals surface area contributed by atoms with Crippen molar-refractivity contribution in [2.24, 2.45) is 0 Å². The Balaban J connectivity index is 2.38. The Morgan fingerprint density at radius 1 is 1.47 bits per heavy atom. The minimum Gasteiger partial charge on any atom is -0.484 e. The quantitative estimate of drug-likeness (QED) is 0.649. The van der Waals surface area contributed by atoms with Gasteiger partial charge in [0.25, 0.3) is 0 Å². The molecule has 1 aromatic rings. The second kappa shape index (κ2) is 5.44. The standard InChI is InChI=1S/C13H19N3O3/c1-9(2)19-12-6-4-5-11(13(12)16(17)18)15(3)10-7-14-8-10/h4-6,9-10,14H,7-8H2,1-3H3. The molecule has 1 fully saturated rings. The maximum atomic E-state index is 11.3. The second-order valence-electron chi connectivity index (χ2n) is 4.97. The molecular weight excluding hydrogens is 246 g/mol. The molecule has 0 amide bonds. The summed E-state index contributed by atoms with van der Waals surface area (Å²) in [7, 11) is 1.88. The Kier molecular flexibility index (Phi) is 3.90. The molecule has 1 heterocycles. The van der Waals surface area contributed by atoms with Gasteiger partial charge in [-0.1, -0.05) is 6.07 Å². The number of nitro benzene ring substituents is 1. The Morgan fingerprint density at radius 2 is 2.16 bits per heavy atom. The molecule has 6 nitrogen and oxygen atoms in total. The molecule has 1 saturated heterocycles. The summed E-state index contributed by atoms with van der Waals surface area (Å²) in [6, 6.07) is 5.51. The first kappa shape index (κ1) is 13.6. The van der Waals surface area contributed by atoms with Crippen molar-refractivity contribution < 1.29 is 9.66 Å². The molecule has 1 aromatic carbocycles. The van der Waals surface area contributed by atoms with E-state index in [1.165, 1.54) is 0 Å². The van der Waals surface area contributed by atoms with Crippen LogP contribution in [0.3, 0.4) is 0 Å². The van der Waals surface area contributed by atoms with Crippen molar-refractivity contribution in [2.75, 3.05) is 25.0 Å². The molecule has 6 heteroatoms. The summed E-state index contributed by atoms with van der Waals surface area (Å²) in [5.41, 5.74) is 0.653. The number of rotatable bonds is 5. The van der Waals surface area contributed by atoms with Crippen molar-refractivity contribution in [3.63, 3.8) is 0 Å². The average molecular weight is 265 g/mol. The van der Waals surface area contributed by atoms with E-state index < -0.39 is 0 Å². The molecule has 0 saturated carbocycles. The normalized spacial score (nSPS) is 15.2. The first-order valence-corrected chi connectivity index (χ1v) is 6.38. The van der Waals surface area contributed by atoms with Crippen LogP contribution in [0.2, 0.25) is 0 Å². The number of hydrogen-bond acceptors (Lipinski definition) is 5. The van der Waals surface area contributed by atoms with Crippen molar-refractivity contribution in [3.8, 4) is 5.75 Å². The van der Waals surface area contributed by atoms with Gasteiger partial charge in [-0.15, -0.1) is 0 Å². The van der Waals surface area contributed by atoms with E-state index in [0.29, 0.717) is 17.5 Å². The largest absolute Gasteiger partial charge is 0.484 e. The van der Waals surface area contributed by atoms with Crippen LogP contribution in [0.4, 0.5) is 11.4 Å². The second-order valence-corrected chi connectivity index (χ2v) is 4.97. The van der Waals surface area contributed by atoms with Crippen molar-refractivity contribution in [1.82, 2.24) is 5.32 Å². The van der Waals surface area contributed by atoms with Gasteiger partial charge in [-0.3, -0.25) is 10.1 Å². The molecule has 19 heavy (non-hydrogen) atoms. The molecule has 0 spiro atoms. The summed E-state index contributed by atoms with van der Waals surface area (Å²) in [6.45, 7) is 5.41. The lowest BCUT2D eigenvalue weighted by Crippen LogP contribution is -2.56. The van der Waals surface area contributed by atoms with E-state index in [2.05, 4.69) is 5.32 Å². The van der Waals surface area contributed by atoms with Crippen LogP contribution in [0.1, 0.15) is 13.8 Å². The number of hydrogen-bond donors (Lipinski definition) is 1. The Hall–Kier alpha value is -1.82. The van der Waals surface area contributed by atoms with Crippen LogP contribution < -0.4 is 15.0 Å². The van der Waals surface area contributed by atoms with Gasteiger partial charge in [0.15, 0.2) is 5.75 Å². The molecule has 0 bridgehead atoms. The Bertz CT molecular complexity index is 472. The first-order chi connectivity index (χ1) is 9.00. The minimum absolute atomic E-state index is 0.0469. The van der Waals surface area contributed by atoms with Crippen LogP contribution in [-0.4, -0.2) is 37.2 Å². The lowest BCUT2D eigenvalue weighted by atomic mass is 10.1. The lowest BCUT2D eigenvalue weighted by Gasteiger charge is -2.36. The van der Waals surface area contributed by atoms with Gasteiger partial charge >= 0.3 is 5.69 Å². The Morgan fingerprint density at radius 3 is 2.63 bits per heavy atom. The summed E-state index contributed by atoms with van der Waals surface area (Å²) >= 11 is 0. The van der Waals surface area contributed by atoms with Crippen LogP contribution >= 0.6 is 0 Å². The van der Waals surface area contributed by atoms with Gasteiger partial charge in [-0.05, 0) is 26.0 Å². The molecular formula is C13H19N3O3. The molecule has 0 radical (unpaired) electrons. The number of benzene rings is 1. The van der Waals surface area contributed by atoms with E-state index in [1.54, 1.807) is 18.2 Å². The van der Waals surface area contributed by atoms with Crippen molar-refractivity contribution in [1.29, 1.82) is 0 Å². The first-order valence-electron chi connectivity index (χ1n) is 6.38. The van der Waals surface area contributed by atoms with Gasteiger partial charge in [-0.2, -0.15) is 0 Å². The highest BCUT2D eigenvalue weighted by molar-refractivity contribution is 5.70. The molecule has 2 rings (SSSR count). The third-order valence-electron chi connectivity index (χ3n) is 3.21. The molecule has 0 aromatic heterocycles. The molecule has 0 aliphatic carbocycles. The zero-order valence-corrected chi connectivity index (χ0v) is 11.4. The fourth-order valence-electron chi connectivity index (χ4n) is 2.07. The zero-order valence-electron chi connectivity index (χ0n) is 11.4. The molecule has 0 unspecified atom stereocenters. The van der Waals surface area contributed by atoms with E-state index in [4.69, 9.17) is 4.74 Å². The van der Waals surface area contributed by atoms with Crippen LogP contribution in [0.5, 0.6) is 5.75 Å². The van der Waals surface area contributed by atoms with Crippen molar-refractivity contribution >= 4 is 11.4 Å². The highest BCUT2D eigenvalue weighted by atomic mass is 16.6. The molecule has 0 atom stereocenters. The van der Waals surface area contributed by atoms with E-state index in [-0.39, 0.29) is 16.7 Å². The maximum absolute atomic E-state index is 11.3. The molecule has 1 aliphatic rings. The number of nitrogens with zero attached hydrogens (tertiary/aromatic N) is 2. The fraction of sp³-hybridized carbons (Fsp3) is 0.538. The topological polar surface area (TPSA) is 67.6 Å². The predicted molar refractivity (Wildman–Crippen MR) is 73.9 cm³/mol. The van der Waals surface area contributed by atoms with Gasteiger partial charge in [0, 0.05) is 20.1 Å². The molecule has 1 aliphatic heterocycles. The zero-order chi connectivity index (χ0) is 14.0. The van der Waals surface area contributed by atoms with E-state index >= 15 is 0 Å². The smallest absolute Gasteiger partial charge is 0.333 e. The number of nitro groups is 1. The van der Waals surface area contributed by atoms with Crippen molar-refractivity contribution in [3.05, 3.63) is 28.3 Å². The van der Waals surface area contributed by atoms with E-state index in [0.717, 1.165) is 13.1 Å². The highest BCUT2D eigenvalue weighted by Gasteiger charge is 2.29. The fourth-order valence-corrected chi connectivity index (χ4v) is 2.07. The third-order valence-corrected chi connectivity index (χ3v) is 3.21. The van der Waals surface area contributed by atoms with E-state index in [9.17, 15) is 10.1 Å². The number of likely N-dealkylation sites (N-methyl/N-ethyl adjacent to an activating group) is 1. The number of nitrogens with one attached hydrogen (secondary N) is 1. The summed E-state index contributed by atoms with van der Waals surface area (Å²) in [5.74, 6) is 0.330. The Labute approximate surface area is 112 Å². The third kappa shape index (κ3) is 2.78. The number of anilines is 1. The number of para-hydroxylation sites is 1. The average Bonchev–Trinajstić information content (AvgIpc) is 2.24. The van der Waals surface area contributed by atoms with Gasteiger partial charge in [0.2, 0.25) is 0 Å². The van der Waals surface area contributed by atoms with Crippen LogP contribution in [0, 0.1) is 10.1 Å². The summed E-state index contributed by atoms with van der Waals surface area (Å²) in [4.78, 5) is 12.9. The number of ether oxygens (including phenoxy) is 1. The summed E-state index contributed by atoms with van der Waals surface area (Å²) in [5, 5.41) is 14.5. The van der Waals surface area contributed by atoms with Crippen molar-refractivity contribution in [2.45, 2.75) is 26.0 Å². The SMILES string of the molecule is CC(C)Oc1cccc(N(C)C2CNC2)c1[N+](=O)[O-]. The van der Waals surface area contributed by atoms with E-state index in [1.807, 2.05) is 25.8 Å². The van der Waals surface area contributed by atoms with Crippen LogP contribution in [-0.2, 0) is 0 Å². The predicted octanol–water partition coefficient (Wildman–Crippen LogP) is 1.79. The maximum Gasteiger partial charge on any atom is 0.333 e. The van der Waals surface area contributed by atoms with Gasteiger partial charge in [-0.25, -0.2) is 0 Å². The minimum atomic E-state index is -0.365. The van der Waals surface area contributed by atoms with Gasteiger partial charge < -0.3 is 15.0 Å². The highest BCUT2D eigenvalue weighted by Crippen LogP contribution is 2.38. The van der Waals surface area contributed by atoms with Crippen LogP contribution in [0.25, 0.3) is 0 Å². The molecule has 104 valence electrons. The van der Waals surface area contributed by atoms with Crippen LogP contribution in [0.15, 0.2) is 18.2 Å². The monoisotopic (exact) mass is 265 g/mol.